The second-order valence-corrected chi connectivity index (χ2v) is 6.02. The number of aliphatic carboxylic acids is 1. The van der Waals surface area contributed by atoms with Gasteiger partial charge in [-0.2, -0.15) is 0 Å². The minimum atomic E-state index is -2.76. The Morgan fingerprint density at radius 3 is 2.53 bits per heavy atom. The zero-order valence-corrected chi connectivity index (χ0v) is 11.0. The lowest BCUT2D eigenvalue weighted by Gasteiger charge is -2.31. The smallest absolute Gasteiger partial charge is 0.311 e. The Balaban J connectivity index is 2.00. The van der Waals surface area contributed by atoms with Crippen molar-refractivity contribution in [3.63, 3.8) is 0 Å². The average molecular weight is 275 g/mol. The van der Waals surface area contributed by atoms with Gasteiger partial charge < -0.3 is 10.0 Å². The zero-order valence-electron chi connectivity index (χ0n) is 11.0. The molecule has 2 atom stereocenters. The number of hydrogen-bond donors (Lipinski definition) is 1. The molecule has 0 bridgehead atoms. The van der Waals surface area contributed by atoms with Crippen LogP contribution in [0.5, 0.6) is 0 Å². The Labute approximate surface area is 110 Å². The van der Waals surface area contributed by atoms with E-state index in [0.717, 1.165) is 0 Å². The Kier molecular flexibility index (Phi) is 3.53. The maximum Gasteiger partial charge on any atom is 0.311 e. The van der Waals surface area contributed by atoms with Crippen molar-refractivity contribution in [1.29, 1.82) is 0 Å². The first-order valence-corrected chi connectivity index (χ1v) is 6.64. The van der Waals surface area contributed by atoms with Gasteiger partial charge in [0.2, 0.25) is 11.8 Å². The van der Waals surface area contributed by atoms with Gasteiger partial charge in [0, 0.05) is 31.8 Å². The summed E-state index contributed by atoms with van der Waals surface area (Å²) >= 11 is 0. The Bertz CT molecular complexity index is 399. The van der Waals surface area contributed by atoms with E-state index in [9.17, 15) is 18.4 Å². The molecule has 0 spiro atoms. The largest absolute Gasteiger partial charge is 0.481 e. The molecule has 108 valence electrons. The molecule has 2 fully saturated rings. The maximum absolute atomic E-state index is 13.3. The molecule has 4 nitrogen and oxygen atoms in total. The van der Waals surface area contributed by atoms with Crippen molar-refractivity contribution in [2.24, 2.45) is 11.3 Å². The van der Waals surface area contributed by atoms with E-state index in [1.807, 2.05) is 0 Å². The van der Waals surface area contributed by atoms with E-state index in [4.69, 9.17) is 5.11 Å². The summed E-state index contributed by atoms with van der Waals surface area (Å²) in [4.78, 5) is 24.8. The normalized spacial score (nSPS) is 34.3. The monoisotopic (exact) mass is 275 g/mol. The Hall–Kier alpha value is -1.20. The summed E-state index contributed by atoms with van der Waals surface area (Å²) < 4.78 is 26.6. The third kappa shape index (κ3) is 2.87. The summed E-state index contributed by atoms with van der Waals surface area (Å²) in [5, 5.41) is 9.11. The number of hydrogen-bond acceptors (Lipinski definition) is 2. The minimum absolute atomic E-state index is 0.128. The van der Waals surface area contributed by atoms with E-state index in [2.05, 4.69) is 0 Å². The number of halogens is 2. The summed E-state index contributed by atoms with van der Waals surface area (Å²) in [6.07, 6.45) is 0.676. The van der Waals surface area contributed by atoms with Crippen LogP contribution < -0.4 is 0 Å². The molecular weight excluding hydrogens is 256 g/mol. The van der Waals surface area contributed by atoms with Crippen LogP contribution in [-0.2, 0) is 9.59 Å². The predicted molar refractivity (Wildman–Crippen MR) is 63.8 cm³/mol. The van der Waals surface area contributed by atoms with Gasteiger partial charge in [-0.25, -0.2) is 8.78 Å². The first-order chi connectivity index (χ1) is 8.73. The van der Waals surface area contributed by atoms with Crippen LogP contribution in [0.25, 0.3) is 0 Å². The molecule has 1 N–H and O–H groups in total. The molecule has 0 aromatic heterocycles. The first kappa shape index (κ1) is 14.2. The number of nitrogens with zero attached hydrogens (tertiary/aromatic N) is 1. The zero-order chi connectivity index (χ0) is 14.3. The van der Waals surface area contributed by atoms with E-state index in [1.165, 1.54) is 4.90 Å². The number of rotatable bonds is 2. The highest BCUT2D eigenvalue weighted by atomic mass is 19.3. The quantitative estimate of drug-likeness (QED) is 0.840. The first-order valence-electron chi connectivity index (χ1n) is 6.64. The molecule has 6 heteroatoms. The van der Waals surface area contributed by atoms with Gasteiger partial charge in [-0.05, 0) is 26.2 Å². The van der Waals surface area contributed by atoms with Crippen LogP contribution in [0.4, 0.5) is 8.78 Å². The summed E-state index contributed by atoms with van der Waals surface area (Å²) in [6.45, 7) is 2.07. The predicted octanol–water partition coefficient (Wildman–Crippen LogP) is 2.14. The van der Waals surface area contributed by atoms with Gasteiger partial charge >= 0.3 is 5.97 Å². The fourth-order valence-electron chi connectivity index (χ4n) is 2.96. The van der Waals surface area contributed by atoms with Gasteiger partial charge in [0.05, 0.1) is 5.41 Å². The van der Waals surface area contributed by atoms with Crippen LogP contribution in [0.3, 0.4) is 0 Å². The van der Waals surface area contributed by atoms with Crippen LogP contribution in [0.1, 0.15) is 39.0 Å². The number of carbonyl (C=O) groups excluding carboxylic acids is 1. The van der Waals surface area contributed by atoms with Crippen LogP contribution in [0, 0.1) is 11.3 Å². The van der Waals surface area contributed by atoms with Crippen LogP contribution >= 0.6 is 0 Å². The number of carboxylic acids is 1. The molecule has 1 aliphatic heterocycles. The molecule has 0 radical (unpaired) electrons. The highest BCUT2D eigenvalue weighted by Gasteiger charge is 2.46. The second kappa shape index (κ2) is 4.72. The summed E-state index contributed by atoms with van der Waals surface area (Å²) in [7, 11) is 0. The number of likely N-dealkylation sites (tertiary alicyclic amines) is 1. The van der Waals surface area contributed by atoms with Gasteiger partial charge in [-0.15, -0.1) is 0 Å². The summed E-state index contributed by atoms with van der Waals surface area (Å²) in [5.41, 5.74) is -0.938. The number of amides is 1. The van der Waals surface area contributed by atoms with Crippen molar-refractivity contribution in [2.75, 3.05) is 13.1 Å². The molecule has 0 aromatic rings. The van der Waals surface area contributed by atoms with Crippen molar-refractivity contribution in [1.82, 2.24) is 4.90 Å². The van der Waals surface area contributed by atoms with E-state index in [-0.39, 0.29) is 18.9 Å². The lowest BCUT2D eigenvalue weighted by atomic mass is 9.85. The van der Waals surface area contributed by atoms with Crippen LogP contribution in [-0.4, -0.2) is 40.9 Å². The lowest BCUT2D eigenvalue weighted by molar-refractivity contribution is -0.148. The fourth-order valence-corrected chi connectivity index (χ4v) is 2.96. The molecule has 19 heavy (non-hydrogen) atoms. The summed E-state index contributed by atoms with van der Waals surface area (Å²) in [5.74, 6) is -4.64. The standard InChI is InChI=1S/C13H19F2NO3/c1-12(11(18)19)5-6-16(8-12)10(17)9-3-2-4-13(14,15)7-9/h9H,2-8H2,1H3,(H,18,19). The van der Waals surface area contributed by atoms with E-state index < -0.39 is 29.6 Å². The van der Waals surface area contributed by atoms with Gasteiger partial charge in [-0.3, -0.25) is 9.59 Å². The number of alkyl halides is 2. The Morgan fingerprint density at radius 2 is 2.00 bits per heavy atom. The van der Waals surface area contributed by atoms with Crippen molar-refractivity contribution in [2.45, 2.75) is 45.0 Å². The minimum Gasteiger partial charge on any atom is -0.481 e. The van der Waals surface area contributed by atoms with Crippen molar-refractivity contribution >= 4 is 11.9 Å². The molecule has 0 aromatic carbocycles. The van der Waals surface area contributed by atoms with E-state index in [1.54, 1.807) is 6.92 Å². The Morgan fingerprint density at radius 1 is 1.32 bits per heavy atom. The molecule has 1 amide bonds. The molecule has 1 saturated heterocycles. The highest BCUT2D eigenvalue weighted by molar-refractivity contribution is 5.82. The fraction of sp³-hybridized carbons (Fsp3) is 0.846. The van der Waals surface area contributed by atoms with Gasteiger partial charge in [0.15, 0.2) is 0 Å². The summed E-state index contributed by atoms with van der Waals surface area (Å²) in [6, 6.07) is 0. The molecule has 2 aliphatic rings. The van der Waals surface area contributed by atoms with Crippen molar-refractivity contribution in [3.8, 4) is 0 Å². The molecule has 1 aliphatic carbocycles. The van der Waals surface area contributed by atoms with Crippen LogP contribution in [0.2, 0.25) is 0 Å². The second-order valence-electron chi connectivity index (χ2n) is 6.02. The molecule has 2 unspecified atom stereocenters. The van der Waals surface area contributed by atoms with Crippen molar-refractivity contribution < 1.29 is 23.5 Å². The third-order valence-corrected chi connectivity index (χ3v) is 4.29. The number of carbonyl (C=O) groups is 2. The van der Waals surface area contributed by atoms with Gasteiger partial charge in [0.25, 0.3) is 0 Å². The average Bonchev–Trinajstić information content (AvgIpc) is 2.71. The molecule has 2 rings (SSSR count). The third-order valence-electron chi connectivity index (χ3n) is 4.29. The SMILES string of the molecule is CC1(C(=O)O)CCN(C(=O)C2CCCC(F)(F)C2)C1. The van der Waals surface area contributed by atoms with Crippen LogP contribution in [0.15, 0.2) is 0 Å². The van der Waals surface area contributed by atoms with E-state index in [0.29, 0.717) is 25.8 Å². The van der Waals surface area contributed by atoms with Gasteiger partial charge in [-0.1, -0.05) is 0 Å². The number of carboxylic acid groups (broad SMARTS) is 1. The van der Waals surface area contributed by atoms with Crippen molar-refractivity contribution in [3.05, 3.63) is 0 Å². The molecule has 1 heterocycles. The topological polar surface area (TPSA) is 57.6 Å². The molecule has 1 saturated carbocycles. The van der Waals surface area contributed by atoms with E-state index >= 15 is 0 Å². The lowest BCUT2D eigenvalue weighted by Crippen LogP contribution is -2.41. The maximum atomic E-state index is 13.3. The highest BCUT2D eigenvalue weighted by Crippen LogP contribution is 2.39. The van der Waals surface area contributed by atoms with Gasteiger partial charge in [0.1, 0.15) is 0 Å². The molecular formula is C13H19F2NO3.